The summed E-state index contributed by atoms with van der Waals surface area (Å²) in [6.45, 7) is 2.03. The Kier molecular flexibility index (Phi) is 7.70. The molecule has 0 unspecified atom stereocenters. The highest BCUT2D eigenvalue weighted by Crippen LogP contribution is 2.44. The smallest absolute Gasteiger partial charge is 0.411 e. The average molecular weight is 584 g/mol. The number of carboxylic acids is 1. The molecular weight excluding hydrogens is 559 g/mol. The third kappa shape index (κ3) is 5.64. The summed E-state index contributed by atoms with van der Waals surface area (Å²) < 4.78 is 6.25. The third-order valence-corrected chi connectivity index (χ3v) is 6.95. The van der Waals surface area contributed by atoms with Crippen LogP contribution >= 0.6 is 22.6 Å². The summed E-state index contributed by atoms with van der Waals surface area (Å²) in [4.78, 5) is 36.0. The number of rotatable bonds is 8. The van der Waals surface area contributed by atoms with E-state index in [1.807, 2.05) is 53.8 Å². The van der Waals surface area contributed by atoms with Crippen LogP contribution in [0, 0.1) is 3.57 Å². The second-order valence-electron chi connectivity index (χ2n) is 8.32. The Labute approximate surface area is 217 Å². The number of aliphatic carboxylic acids is 1. The summed E-state index contributed by atoms with van der Waals surface area (Å²) in [6, 6.07) is 20.7. The molecule has 1 aliphatic carbocycles. The number of halogens is 1. The van der Waals surface area contributed by atoms with Crippen molar-refractivity contribution in [3.8, 4) is 11.1 Å². The van der Waals surface area contributed by atoms with E-state index in [-0.39, 0.29) is 24.9 Å². The van der Waals surface area contributed by atoms with Crippen LogP contribution in [0.5, 0.6) is 0 Å². The van der Waals surface area contributed by atoms with Crippen LogP contribution in [0.25, 0.3) is 11.1 Å². The highest BCUT2D eigenvalue weighted by Gasteiger charge is 2.29. The Morgan fingerprint density at radius 3 is 2.20 bits per heavy atom. The van der Waals surface area contributed by atoms with Gasteiger partial charge < -0.3 is 15.2 Å². The van der Waals surface area contributed by atoms with E-state index in [0.29, 0.717) is 21.2 Å². The number of benzene rings is 3. The van der Waals surface area contributed by atoms with Crippen molar-refractivity contribution in [3.63, 3.8) is 0 Å². The van der Waals surface area contributed by atoms with Crippen molar-refractivity contribution in [1.82, 2.24) is 5.32 Å². The molecule has 35 heavy (non-hydrogen) atoms. The first-order valence-electron chi connectivity index (χ1n) is 11.3. The zero-order valence-electron chi connectivity index (χ0n) is 19.1. The predicted octanol–water partition coefficient (Wildman–Crippen LogP) is 5.64. The van der Waals surface area contributed by atoms with Crippen molar-refractivity contribution in [2.75, 3.05) is 11.9 Å². The number of hydrogen-bond acceptors (Lipinski definition) is 4. The molecule has 0 heterocycles. The molecule has 180 valence electrons. The molecule has 1 aliphatic rings. The molecule has 3 N–H and O–H groups in total. The fraction of sp³-hybridized carbons (Fsp3) is 0.222. The van der Waals surface area contributed by atoms with E-state index in [2.05, 4.69) is 34.9 Å². The van der Waals surface area contributed by atoms with Gasteiger partial charge in [0.1, 0.15) is 6.61 Å². The summed E-state index contributed by atoms with van der Waals surface area (Å²) in [5.74, 6) is -1.35. The van der Waals surface area contributed by atoms with Crippen molar-refractivity contribution >= 4 is 46.2 Å². The van der Waals surface area contributed by atoms with E-state index < -0.39 is 18.1 Å². The fourth-order valence-electron chi connectivity index (χ4n) is 4.28. The first-order chi connectivity index (χ1) is 16.9. The number of carbonyl (C=O) groups is 3. The largest absolute Gasteiger partial charge is 0.481 e. The van der Waals surface area contributed by atoms with Crippen LogP contribution in [-0.2, 0) is 9.53 Å². The highest BCUT2D eigenvalue weighted by molar-refractivity contribution is 14.1. The van der Waals surface area contributed by atoms with Gasteiger partial charge in [-0.3, -0.25) is 14.9 Å². The molecule has 1 atom stereocenters. The van der Waals surface area contributed by atoms with Gasteiger partial charge in [-0.2, -0.15) is 0 Å². The third-order valence-electron chi connectivity index (χ3n) is 6.06. The summed E-state index contributed by atoms with van der Waals surface area (Å²) in [5, 5.41) is 14.5. The van der Waals surface area contributed by atoms with E-state index in [1.54, 1.807) is 18.2 Å². The molecular formula is C27H25IN2O5. The molecule has 7 nitrogen and oxygen atoms in total. The Balaban J connectivity index is 1.38. The van der Waals surface area contributed by atoms with Crippen LogP contribution in [0.4, 0.5) is 10.5 Å². The molecule has 8 heteroatoms. The lowest BCUT2D eigenvalue weighted by molar-refractivity contribution is -0.137. The van der Waals surface area contributed by atoms with Gasteiger partial charge in [0.15, 0.2) is 0 Å². The van der Waals surface area contributed by atoms with E-state index in [0.717, 1.165) is 22.3 Å². The molecule has 4 rings (SSSR count). The number of nitrogens with one attached hydrogen (secondary N) is 2. The predicted molar refractivity (Wildman–Crippen MR) is 142 cm³/mol. The fourth-order valence-corrected chi connectivity index (χ4v) is 4.93. The average Bonchev–Trinajstić information content (AvgIpc) is 3.17. The van der Waals surface area contributed by atoms with Crippen molar-refractivity contribution in [1.29, 1.82) is 0 Å². The first-order valence-corrected chi connectivity index (χ1v) is 12.4. The zero-order valence-corrected chi connectivity index (χ0v) is 21.2. The van der Waals surface area contributed by atoms with Crippen molar-refractivity contribution in [2.24, 2.45) is 0 Å². The molecule has 0 radical (unpaired) electrons. The second-order valence-corrected chi connectivity index (χ2v) is 9.48. The van der Waals surface area contributed by atoms with Crippen molar-refractivity contribution < 1.29 is 24.2 Å². The molecule has 0 fully saturated rings. The number of hydrogen-bond donors (Lipinski definition) is 3. The molecule has 0 saturated heterocycles. The first kappa shape index (κ1) is 24.7. The molecule has 0 aromatic heterocycles. The van der Waals surface area contributed by atoms with Crippen molar-refractivity contribution in [2.45, 2.75) is 31.7 Å². The lowest BCUT2D eigenvalue weighted by Crippen LogP contribution is -2.36. The molecule has 0 aliphatic heterocycles. The number of anilines is 1. The van der Waals surface area contributed by atoms with Gasteiger partial charge in [0, 0.05) is 21.1 Å². The van der Waals surface area contributed by atoms with Crippen molar-refractivity contribution in [3.05, 3.63) is 87.0 Å². The molecule has 0 saturated carbocycles. The Morgan fingerprint density at radius 2 is 1.63 bits per heavy atom. The number of fused-ring (bicyclic) bond motifs is 3. The van der Waals surface area contributed by atoms with Gasteiger partial charge in [-0.15, -0.1) is 0 Å². The second kappa shape index (κ2) is 10.9. The number of amides is 2. The molecule has 0 spiro atoms. The standard InChI is InChI=1S/C27H25IN2O5/c1-2-17(14-25(31)32)29-26(33)16-11-12-24(23(28)13-16)30-27(34)35-15-22-20-9-5-3-7-18(20)19-8-4-6-10-21(19)22/h3-13,17,22H,2,14-15H2,1H3,(H,29,33)(H,30,34)(H,31,32)/t17-/m1/s1. The number of ether oxygens (including phenoxy) is 1. The Morgan fingerprint density at radius 1 is 1.00 bits per heavy atom. The summed E-state index contributed by atoms with van der Waals surface area (Å²) in [5.41, 5.74) is 5.51. The topological polar surface area (TPSA) is 105 Å². The normalized spacial score (nSPS) is 12.9. The van der Waals surface area contributed by atoms with Gasteiger partial charge in [0.05, 0.1) is 12.1 Å². The van der Waals surface area contributed by atoms with Gasteiger partial charge in [-0.25, -0.2) is 4.79 Å². The van der Waals surface area contributed by atoms with E-state index >= 15 is 0 Å². The van der Waals surface area contributed by atoms with Crippen LogP contribution in [-0.4, -0.2) is 35.7 Å². The number of carbonyl (C=O) groups excluding carboxylic acids is 2. The molecule has 3 aromatic carbocycles. The van der Waals surface area contributed by atoms with E-state index in [1.165, 1.54) is 0 Å². The maximum atomic E-state index is 12.6. The maximum absolute atomic E-state index is 12.6. The monoisotopic (exact) mass is 584 g/mol. The molecule has 2 amide bonds. The van der Waals surface area contributed by atoms with Crippen LogP contribution in [0.1, 0.15) is 47.2 Å². The highest BCUT2D eigenvalue weighted by atomic mass is 127. The van der Waals surface area contributed by atoms with Gasteiger partial charge in [-0.1, -0.05) is 55.5 Å². The van der Waals surface area contributed by atoms with Gasteiger partial charge in [-0.05, 0) is 69.5 Å². The quantitative estimate of drug-likeness (QED) is 0.298. The van der Waals surface area contributed by atoms with Gasteiger partial charge in [0.25, 0.3) is 5.91 Å². The maximum Gasteiger partial charge on any atom is 0.411 e. The van der Waals surface area contributed by atoms with Gasteiger partial charge >= 0.3 is 12.1 Å². The lowest BCUT2D eigenvalue weighted by Gasteiger charge is -2.16. The van der Waals surface area contributed by atoms with E-state index in [9.17, 15) is 14.4 Å². The molecule has 3 aromatic rings. The molecule has 0 bridgehead atoms. The minimum atomic E-state index is -0.964. The minimum Gasteiger partial charge on any atom is -0.481 e. The number of carboxylic acid groups (broad SMARTS) is 1. The summed E-state index contributed by atoms with van der Waals surface area (Å²) in [7, 11) is 0. The lowest BCUT2D eigenvalue weighted by atomic mass is 9.98. The van der Waals surface area contributed by atoms with Crippen LogP contribution in [0.3, 0.4) is 0 Å². The van der Waals surface area contributed by atoms with Gasteiger partial charge in [0.2, 0.25) is 0 Å². The van der Waals surface area contributed by atoms with Crippen LogP contribution in [0.2, 0.25) is 0 Å². The van der Waals surface area contributed by atoms with Crippen LogP contribution in [0.15, 0.2) is 66.7 Å². The SMILES string of the molecule is CC[C@H](CC(=O)O)NC(=O)c1ccc(NC(=O)OCC2c3ccccc3-c3ccccc32)c(I)c1. The summed E-state index contributed by atoms with van der Waals surface area (Å²) >= 11 is 2.04. The summed E-state index contributed by atoms with van der Waals surface area (Å²) in [6.07, 6.45) is -0.202. The van der Waals surface area contributed by atoms with E-state index in [4.69, 9.17) is 9.84 Å². The Bertz CT molecular complexity index is 1230. The zero-order chi connectivity index (χ0) is 24.9. The van der Waals surface area contributed by atoms with Crippen LogP contribution < -0.4 is 10.6 Å². The Hall–Kier alpha value is -3.40. The minimum absolute atomic E-state index is 0.0318.